The van der Waals surface area contributed by atoms with Gasteiger partial charge in [0.05, 0.1) is 10.6 Å². The first kappa shape index (κ1) is 13.6. The predicted molar refractivity (Wildman–Crippen MR) is 78.7 cm³/mol. The molecule has 1 aliphatic rings. The molecule has 0 saturated heterocycles. The molecule has 21 heavy (non-hydrogen) atoms. The van der Waals surface area contributed by atoms with Gasteiger partial charge in [0.1, 0.15) is 0 Å². The third kappa shape index (κ3) is 3.22. The molecule has 0 radical (unpaired) electrons. The lowest BCUT2D eigenvalue weighted by Gasteiger charge is -2.07. The van der Waals surface area contributed by atoms with E-state index in [4.69, 9.17) is 0 Å². The summed E-state index contributed by atoms with van der Waals surface area (Å²) in [4.78, 5) is 19.3. The summed E-state index contributed by atoms with van der Waals surface area (Å²) in [7, 11) is 0. The van der Waals surface area contributed by atoms with Gasteiger partial charge in [0.25, 0.3) is 5.69 Å². The van der Waals surface area contributed by atoms with E-state index in [1.807, 2.05) is 13.0 Å². The Kier molecular flexibility index (Phi) is 3.62. The maximum atomic E-state index is 10.9. The monoisotopic (exact) mass is 284 g/mol. The molecule has 0 atom stereocenters. The molecule has 1 aromatic carbocycles. The molecule has 0 aliphatic heterocycles. The number of non-ortho nitro benzene ring substituents is 1. The van der Waals surface area contributed by atoms with Gasteiger partial charge in [-0.15, -0.1) is 0 Å². The van der Waals surface area contributed by atoms with Gasteiger partial charge in [-0.05, 0) is 31.4 Å². The molecule has 0 unspecified atom stereocenters. The second kappa shape index (κ2) is 5.57. The van der Waals surface area contributed by atoms with Crippen LogP contribution in [0.25, 0.3) is 11.4 Å². The highest BCUT2D eigenvalue weighted by molar-refractivity contribution is 5.63. The summed E-state index contributed by atoms with van der Waals surface area (Å²) in [5.74, 6) is 0.534. The summed E-state index contributed by atoms with van der Waals surface area (Å²) in [5.41, 5.74) is 2.59. The molecule has 1 saturated carbocycles. The number of rotatable bonds is 5. The van der Waals surface area contributed by atoms with Crippen molar-refractivity contribution in [3.8, 4) is 11.4 Å². The van der Waals surface area contributed by atoms with Crippen LogP contribution in [0.1, 0.15) is 24.1 Å². The Labute approximate surface area is 122 Å². The third-order valence-electron chi connectivity index (χ3n) is 3.54. The van der Waals surface area contributed by atoms with E-state index in [9.17, 15) is 10.1 Å². The average Bonchev–Trinajstić information content (AvgIpc) is 3.30. The number of hydrogen-bond acceptors (Lipinski definition) is 5. The molecule has 1 aliphatic carbocycles. The molecule has 108 valence electrons. The van der Waals surface area contributed by atoms with Crippen LogP contribution in [0.3, 0.4) is 0 Å². The van der Waals surface area contributed by atoms with Gasteiger partial charge in [-0.3, -0.25) is 10.1 Å². The SMILES string of the molecule is Cc1ccc([N+](=O)[O-])cc1-c1nccc(CNC2CC2)n1. The summed E-state index contributed by atoms with van der Waals surface area (Å²) in [6.45, 7) is 2.60. The zero-order chi connectivity index (χ0) is 14.8. The second-order valence-electron chi connectivity index (χ2n) is 5.28. The Hall–Kier alpha value is -2.34. The molecule has 1 heterocycles. The number of benzene rings is 1. The highest BCUT2D eigenvalue weighted by Crippen LogP contribution is 2.25. The highest BCUT2D eigenvalue weighted by Gasteiger charge is 2.20. The molecule has 0 spiro atoms. The zero-order valence-electron chi connectivity index (χ0n) is 11.7. The Morgan fingerprint density at radius 1 is 1.38 bits per heavy atom. The van der Waals surface area contributed by atoms with Gasteiger partial charge in [0, 0.05) is 36.5 Å². The number of hydrogen-bond donors (Lipinski definition) is 1. The van der Waals surface area contributed by atoms with Crippen LogP contribution in [0.4, 0.5) is 5.69 Å². The quantitative estimate of drug-likeness (QED) is 0.674. The van der Waals surface area contributed by atoms with E-state index in [2.05, 4.69) is 15.3 Å². The van der Waals surface area contributed by atoms with Crippen molar-refractivity contribution in [2.45, 2.75) is 32.4 Å². The fourth-order valence-electron chi connectivity index (χ4n) is 2.13. The molecule has 0 bridgehead atoms. The van der Waals surface area contributed by atoms with Crippen molar-refractivity contribution in [3.05, 3.63) is 51.8 Å². The minimum absolute atomic E-state index is 0.0562. The first-order valence-corrected chi connectivity index (χ1v) is 6.94. The fraction of sp³-hybridized carbons (Fsp3) is 0.333. The largest absolute Gasteiger partial charge is 0.308 e. The standard InChI is InChI=1S/C15H16N4O2/c1-10-2-5-13(19(20)21)8-14(10)15-16-7-6-12(18-15)9-17-11-3-4-11/h2,5-8,11,17H,3-4,9H2,1H3. The summed E-state index contributed by atoms with van der Waals surface area (Å²) in [6.07, 6.45) is 4.15. The first-order valence-electron chi connectivity index (χ1n) is 6.94. The molecule has 6 heteroatoms. The molecule has 1 N–H and O–H groups in total. The number of nitrogens with one attached hydrogen (secondary N) is 1. The first-order chi connectivity index (χ1) is 10.1. The molecule has 6 nitrogen and oxygen atoms in total. The molecule has 0 amide bonds. The van der Waals surface area contributed by atoms with Gasteiger partial charge in [-0.1, -0.05) is 6.07 Å². The van der Waals surface area contributed by atoms with Gasteiger partial charge < -0.3 is 5.32 Å². The van der Waals surface area contributed by atoms with Crippen LogP contribution >= 0.6 is 0 Å². The van der Waals surface area contributed by atoms with Crippen molar-refractivity contribution in [1.82, 2.24) is 15.3 Å². The van der Waals surface area contributed by atoms with Crippen molar-refractivity contribution in [2.75, 3.05) is 0 Å². The minimum Gasteiger partial charge on any atom is -0.308 e. The molecule has 3 rings (SSSR count). The Morgan fingerprint density at radius 2 is 2.19 bits per heavy atom. The molecule has 2 aromatic rings. The van der Waals surface area contributed by atoms with Gasteiger partial charge in [0.2, 0.25) is 0 Å². The summed E-state index contributed by atoms with van der Waals surface area (Å²) < 4.78 is 0. The Bertz CT molecular complexity index is 683. The van der Waals surface area contributed by atoms with Crippen molar-refractivity contribution in [2.24, 2.45) is 0 Å². The molecule has 1 fully saturated rings. The third-order valence-corrected chi connectivity index (χ3v) is 3.54. The molecular formula is C15H16N4O2. The lowest BCUT2D eigenvalue weighted by atomic mass is 10.1. The summed E-state index contributed by atoms with van der Waals surface area (Å²) in [5, 5.41) is 14.3. The van der Waals surface area contributed by atoms with Gasteiger partial charge in [-0.2, -0.15) is 0 Å². The van der Waals surface area contributed by atoms with Crippen LogP contribution in [-0.4, -0.2) is 20.9 Å². The Balaban J connectivity index is 1.89. The normalized spacial score (nSPS) is 14.1. The number of aryl methyl sites for hydroxylation is 1. The van der Waals surface area contributed by atoms with Crippen molar-refractivity contribution in [3.63, 3.8) is 0 Å². The second-order valence-corrected chi connectivity index (χ2v) is 5.28. The summed E-state index contributed by atoms with van der Waals surface area (Å²) >= 11 is 0. The van der Waals surface area contributed by atoms with Gasteiger partial charge in [0.15, 0.2) is 5.82 Å². The molecular weight excluding hydrogens is 268 g/mol. The van der Waals surface area contributed by atoms with Crippen LogP contribution in [-0.2, 0) is 6.54 Å². The van der Waals surface area contributed by atoms with E-state index in [1.165, 1.54) is 25.0 Å². The lowest BCUT2D eigenvalue weighted by molar-refractivity contribution is -0.384. The highest BCUT2D eigenvalue weighted by atomic mass is 16.6. The van der Waals surface area contributed by atoms with Crippen LogP contribution in [0, 0.1) is 17.0 Å². The van der Waals surface area contributed by atoms with Crippen molar-refractivity contribution in [1.29, 1.82) is 0 Å². The maximum Gasteiger partial charge on any atom is 0.270 e. The van der Waals surface area contributed by atoms with Crippen LogP contribution in [0.5, 0.6) is 0 Å². The number of nitrogens with zero attached hydrogens (tertiary/aromatic N) is 3. The topological polar surface area (TPSA) is 81.0 Å². The fourth-order valence-corrected chi connectivity index (χ4v) is 2.13. The van der Waals surface area contributed by atoms with Gasteiger partial charge in [-0.25, -0.2) is 9.97 Å². The Morgan fingerprint density at radius 3 is 2.90 bits per heavy atom. The van der Waals surface area contributed by atoms with Crippen LogP contribution in [0.15, 0.2) is 30.5 Å². The number of nitro benzene ring substituents is 1. The zero-order valence-corrected chi connectivity index (χ0v) is 11.7. The van der Waals surface area contributed by atoms with E-state index < -0.39 is 4.92 Å². The van der Waals surface area contributed by atoms with E-state index >= 15 is 0 Å². The van der Waals surface area contributed by atoms with E-state index in [-0.39, 0.29) is 5.69 Å². The maximum absolute atomic E-state index is 10.9. The van der Waals surface area contributed by atoms with E-state index in [0.717, 1.165) is 11.3 Å². The predicted octanol–water partition coefficient (Wildman–Crippen LogP) is 2.61. The smallest absolute Gasteiger partial charge is 0.270 e. The van der Waals surface area contributed by atoms with Crippen LogP contribution in [0.2, 0.25) is 0 Å². The van der Waals surface area contributed by atoms with Crippen molar-refractivity contribution >= 4 is 5.69 Å². The average molecular weight is 284 g/mol. The lowest BCUT2D eigenvalue weighted by Crippen LogP contribution is -2.16. The minimum atomic E-state index is -0.401. The summed E-state index contributed by atoms with van der Waals surface area (Å²) in [6, 6.07) is 7.24. The van der Waals surface area contributed by atoms with Crippen LogP contribution < -0.4 is 5.32 Å². The number of nitro groups is 1. The number of aromatic nitrogens is 2. The van der Waals surface area contributed by atoms with E-state index in [1.54, 1.807) is 12.3 Å². The molecule has 1 aromatic heterocycles. The van der Waals surface area contributed by atoms with Crippen molar-refractivity contribution < 1.29 is 4.92 Å². The van der Waals surface area contributed by atoms with E-state index in [0.29, 0.717) is 24.0 Å². The van der Waals surface area contributed by atoms with Gasteiger partial charge >= 0.3 is 0 Å².